The topological polar surface area (TPSA) is 184 Å². The number of nitrogens with two attached hydrogens (primary N) is 1. The fourth-order valence-electron chi connectivity index (χ4n) is 2.90. The van der Waals surface area contributed by atoms with Crippen molar-refractivity contribution in [2.75, 3.05) is 11.9 Å². The Morgan fingerprint density at radius 2 is 1.85 bits per heavy atom. The van der Waals surface area contributed by atoms with Gasteiger partial charge in [0.2, 0.25) is 16.1 Å². The number of primary amides is 1. The summed E-state index contributed by atoms with van der Waals surface area (Å²) in [5.74, 6) is -1.48. The van der Waals surface area contributed by atoms with Crippen molar-refractivity contribution in [3.05, 3.63) is 88.4 Å². The quantitative estimate of drug-likeness (QED) is 0.206. The molecule has 2 aromatic carbocycles. The van der Waals surface area contributed by atoms with E-state index in [9.17, 15) is 28.1 Å². The number of esters is 1. The Bertz CT molecular complexity index is 1280. The molecule has 0 spiro atoms. The third-order valence-electron chi connectivity index (χ3n) is 4.53. The zero-order valence-corrected chi connectivity index (χ0v) is 18.4. The Morgan fingerprint density at radius 1 is 1.12 bits per heavy atom. The van der Waals surface area contributed by atoms with E-state index in [4.69, 9.17) is 14.9 Å². The molecule has 0 saturated carbocycles. The number of furan rings is 1. The fraction of sp³-hybridized carbons (Fsp3) is 0.143. The van der Waals surface area contributed by atoms with Gasteiger partial charge in [-0.3, -0.25) is 19.7 Å². The number of carbonyl (C=O) groups is 2. The van der Waals surface area contributed by atoms with E-state index in [2.05, 4.69) is 5.32 Å². The molecule has 3 rings (SSSR count). The summed E-state index contributed by atoms with van der Waals surface area (Å²) in [4.78, 5) is 34.1. The summed E-state index contributed by atoms with van der Waals surface area (Å²) in [5.41, 5.74) is 5.18. The zero-order valence-electron chi connectivity index (χ0n) is 17.5. The number of anilines is 1. The van der Waals surface area contributed by atoms with Crippen molar-refractivity contribution in [2.45, 2.75) is 17.5 Å². The van der Waals surface area contributed by atoms with Gasteiger partial charge in [-0.05, 0) is 24.3 Å². The maximum atomic E-state index is 12.6. The van der Waals surface area contributed by atoms with Gasteiger partial charge in [0.15, 0.2) is 0 Å². The highest BCUT2D eigenvalue weighted by Gasteiger charge is 2.25. The van der Waals surface area contributed by atoms with Crippen LogP contribution in [-0.4, -0.2) is 31.8 Å². The second-order valence-corrected chi connectivity index (χ2v) is 8.64. The molecule has 3 aromatic rings. The van der Waals surface area contributed by atoms with Gasteiger partial charge < -0.3 is 20.2 Å². The van der Waals surface area contributed by atoms with Gasteiger partial charge in [0.1, 0.15) is 18.0 Å². The van der Waals surface area contributed by atoms with Gasteiger partial charge in [-0.1, -0.05) is 30.3 Å². The van der Waals surface area contributed by atoms with Crippen LogP contribution in [0.2, 0.25) is 0 Å². The number of amides is 1. The first kappa shape index (κ1) is 24.4. The second-order valence-electron chi connectivity index (χ2n) is 6.88. The summed E-state index contributed by atoms with van der Waals surface area (Å²) in [6, 6.07) is 14.5. The zero-order chi connectivity index (χ0) is 24.7. The number of ether oxygens (including phenoxy) is 1. The van der Waals surface area contributed by atoms with Gasteiger partial charge in [-0.15, -0.1) is 0 Å². The third-order valence-corrected chi connectivity index (χ3v) is 5.92. The van der Waals surface area contributed by atoms with Crippen LogP contribution < -0.4 is 15.8 Å². The van der Waals surface area contributed by atoms with Gasteiger partial charge in [0.05, 0.1) is 22.6 Å². The molecule has 0 bridgehead atoms. The molecule has 0 aliphatic carbocycles. The van der Waals surface area contributed by atoms with Crippen molar-refractivity contribution in [3.63, 3.8) is 0 Å². The summed E-state index contributed by atoms with van der Waals surface area (Å²) in [6.45, 7) is -0.683. The Hall–Kier alpha value is -4.23. The van der Waals surface area contributed by atoms with Crippen LogP contribution in [0.1, 0.15) is 17.4 Å². The lowest BCUT2D eigenvalue weighted by Crippen LogP contribution is -2.34. The number of benzene rings is 2. The molecule has 0 radical (unpaired) electrons. The first-order valence-electron chi connectivity index (χ1n) is 9.75. The summed E-state index contributed by atoms with van der Waals surface area (Å²) < 4.78 is 37.3. The smallest absolute Gasteiger partial charge is 0.322 e. The van der Waals surface area contributed by atoms with E-state index in [0.29, 0.717) is 11.3 Å². The molecule has 0 aliphatic heterocycles. The van der Waals surface area contributed by atoms with Crippen molar-refractivity contribution in [2.24, 2.45) is 5.73 Å². The molecule has 1 amide bonds. The van der Waals surface area contributed by atoms with Crippen molar-refractivity contribution in [3.8, 4) is 0 Å². The van der Waals surface area contributed by atoms with Crippen molar-refractivity contribution < 1.29 is 32.1 Å². The van der Waals surface area contributed by atoms with Crippen molar-refractivity contribution in [1.82, 2.24) is 4.72 Å². The predicted octanol–water partition coefficient (Wildman–Crippen LogP) is 1.85. The fourth-order valence-corrected chi connectivity index (χ4v) is 3.89. The molecule has 0 saturated heterocycles. The maximum absolute atomic E-state index is 12.6. The molecule has 4 N–H and O–H groups in total. The third kappa shape index (κ3) is 6.17. The SMILES string of the molecule is NC(=O)C(OC(=O)CNS(=O)(=O)c1ccc(NCc2ccco2)c([N+](=O)[O-])c1)c1ccccc1. The molecular weight excluding hydrogens is 468 g/mol. The van der Waals surface area contributed by atoms with E-state index < -0.39 is 50.1 Å². The van der Waals surface area contributed by atoms with Gasteiger partial charge in [-0.25, -0.2) is 8.42 Å². The predicted molar refractivity (Wildman–Crippen MR) is 119 cm³/mol. The van der Waals surface area contributed by atoms with Crippen molar-refractivity contribution in [1.29, 1.82) is 0 Å². The number of carbonyl (C=O) groups excluding carboxylic acids is 2. The molecule has 0 aliphatic rings. The number of hydrogen-bond acceptors (Lipinski definition) is 9. The van der Waals surface area contributed by atoms with E-state index in [-0.39, 0.29) is 12.2 Å². The minimum Gasteiger partial charge on any atom is -0.467 e. The molecule has 1 unspecified atom stereocenters. The van der Waals surface area contributed by atoms with Gasteiger partial charge >= 0.3 is 5.97 Å². The molecule has 0 fully saturated rings. The molecule has 13 heteroatoms. The van der Waals surface area contributed by atoms with Crippen LogP contribution in [-0.2, 0) is 30.9 Å². The summed E-state index contributed by atoms with van der Waals surface area (Å²) in [7, 11) is -4.32. The second kappa shape index (κ2) is 10.6. The highest BCUT2D eigenvalue weighted by Crippen LogP contribution is 2.28. The van der Waals surface area contributed by atoms with Gasteiger partial charge in [0, 0.05) is 11.6 Å². The molecular formula is C21H20N4O8S. The Labute approximate surface area is 193 Å². The summed E-state index contributed by atoms with van der Waals surface area (Å²) in [5, 5.41) is 14.3. The largest absolute Gasteiger partial charge is 0.467 e. The van der Waals surface area contributed by atoms with Crippen LogP contribution in [0.15, 0.2) is 76.2 Å². The number of rotatable bonds is 11. The minimum atomic E-state index is -4.32. The monoisotopic (exact) mass is 488 g/mol. The summed E-state index contributed by atoms with van der Waals surface area (Å²) >= 11 is 0. The highest BCUT2D eigenvalue weighted by atomic mass is 32.2. The Morgan fingerprint density at radius 3 is 2.47 bits per heavy atom. The first-order chi connectivity index (χ1) is 16.2. The van der Waals surface area contributed by atoms with E-state index in [0.717, 1.165) is 12.1 Å². The maximum Gasteiger partial charge on any atom is 0.322 e. The average Bonchev–Trinajstić information content (AvgIpc) is 3.34. The number of nitro groups is 1. The lowest BCUT2D eigenvalue weighted by atomic mass is 10.1. The Kier molecular flexibility index (Phi) is 7.60. The molecule has 1 aromatic heterocycles. The molecule has 34 heavy (non-hydrogen) atoms. The molecule has 1 atom stereocenters. The molecule has 1 heterocycles. The van der Waals surface area contributed by atoms with Crippen LogP contribution in [0.3, 0.4) is 0 Å². The number of nitro benzene ring substituents is 1. The van der Waals surface area contributed by atoms with Crippen LogP contribution in [0, 0.1) is 10.1 Å². The average molecular weight is 488 g/mol. The lowest BCUT2D eigenvalue weighted by Gasteiger charge is -2.15. The number of sulfonamides is 1. The van der Waals surface area contributed by atoms with Crippen molar-refractivity contribution >= 4 is 33.3 Å². The minimum absolute atomic E-state index is 0.0759. The molecule has 178 valence electrons. The van der Waals surface area contributed by atoms with E-state index in [1.54, 1.807) is 30.3 Å². The Balaban J connectivity index is 1.69. The number of nitrogens with zero attached hydrogens (tertiary/aromatic N) is 1. The van der Waals surface area contributed by atoms with Gasteiger partial charge in [-0.2, -0.15) is 4.72 Å². The lowest BCUT2D eigenvalue weighted by molar-refractivity contribution is -0.384. The van der Waals surface area contributed by atoms with Crippen LogP contribution in [0.4, 0.5) is 11.4 Å². The van der Waals surface area contributed by atoms with E-state index >= 15 is 0 Å². The van der Waals surface area contributed by atoms with Crippen LogP contribution in [0.5, 0.6) is 0 Å². The highest BCUT2D eigenvalue weighted by molar-refractivity contribution is 7.89. The normalized spacial score (nSPS) is 12.0. The summed E-state index contributed by atoms with van der Waals surface area (Å²) in [6.07, 6.45) is 0.0438. The van der Waals surface area contributed by atoms with E-state index in [1.807, 2.05) is 4.72 Å². The molecule has 12 nitrogen and oxygen atoms in total. The van der Waals surface area contributed by atoms with E-state index in [1.165, 1.54) is 24.5 Å². The number of hydrogen-bond donors (Lipinski definition) is 3. The standard InChI is InChI=1S/C21H20N4O8S/c22-21(27)20(14-5-2-1-3-6-14)33-19(26)13-24-34(30,31)16-8-9-17(18(11-16)25(28)29)23-12-15-7-4-10-32-15/h1-11,20,23-24H,12-13H2,(H2,22,27). The number of nitrogens with one attached hydrogen (secondary N) is 2. The first-order valence-corrected chi connectivity index (χ1v) is 11.2. The van der Waals surface area contributed by atoms with Crippen LogP contribution >= 0.6 is 0 Å². The van der Waals surface area contributed by atoms with Crippen LogP contribution in [0.25, 0.3) is 0 Å². The van der Waals surface area contributed by atoms with Gasteiger partial charge in [0.25, 0.3) is 11.6 Å².